The van der Waals surface area contributed by atoms with Gasteiger partial charge in [0, 0.05) is 19.7 Å². The van der Waals surface area contributed by atoms with Crippen LogP contribution in [0.2, 0.25) is 0 Å². The topological polar surface area (TPSA) is 80.1 Å². The molecule has 0 radical (unpaired) electrons. The lowest BCUT2D eigenvalue weighted by Gasteiger charge is -2.56. The van der Waals surface area contributed by atoms with E-state index in [1.54, 1.807) is 46.2 Å². The summed E-state index contributed by atoms with van der Waals surface area (Å²) in [5.41, 5.74) is 0.996. The van der Waals surface area contributed by atoms with Crippen LogP contribution in [0.3, 0.4) is 0 Å². The van der Waals surface area contributed by atoms with Gasteiger partial charge in [0.1, 0.15) is 11.4 Å². The Morgan fingerprint density at radius 1 is 0.907 bits per heavy atom. The van der Waals surface area contributed by atoms with Crippen molar-refractivity contribution in [2.24, 2.45) is 23.2 Å². The van der Waals surface area contributed by atoms with Crippen molar-refractivity contribution >= 4 is 22.8 Å². The second-order valence-corrected chi connectivity index (χ2v) is 13.5. The number of carbonyl (C=O) groups excluding carboxylic acids is 2. The molecule has 226 valence electrons. The van der Waals surface area contributed by atoms with Crippen LogP contribution in [0.15, 0.2) is 64.0 Å². The van der Waals surface area contributed by atoms with E-state index in [0.717, 1.165) is 37.7 Å². The molecule has 2 aromatic carbocycles. The Hall–Kier alpha value is -3.52. The maximum atomic E-state index is 14.5. The molecular weight excluding hydrogens is 547 g/mol. The maximum Gasteiger partial charge on any atom is 0.242 e. The molecule has 4 bridgehead atoms. The fourth-order valence-electron chi connectivity index (χ4n) is 8.70. The highest BCUT2D eigenvalue weighted by atomic mass is 19.1. The van der Waals surface area contributed by atoms with Gasteiger partial charge in [0.2, 0.25) is 11.8 Å². The quantitative estimate of drug-likeness (QED) is 0.322. The molecule has 1 aromatic heterocycles. The summed E-state index contributed by atoms with van der Waals surface area (Å²) in [6.07, 6.45) is 9.62. The van der Waals surface area contributed by atoms with Gasteiger partial charge in [-0.25, -0.2) is 4.39 Å². The zero-order valence-corrected chi connectivity index (χ0v) is 24.5. The number of benzene rings is 2. The monoisotopic (exact) mass is 586 g/mol. The van der Waals surface area contributed by atoms with E-state index in [0.29, 0.717) is 47.4 Å². The number of nitrogens with zero attached hydrogens (tertiary/aromatic N) is 2. The van der Waals surface area contributed by atoms with E-state index in [1.807, 2.05) is 0 Å². The van der Waals surface area contributed by atoms with E-state index in [2.05, 4.69) is 0 Å². The summed E-state index contributed by atoms with van der Waals surface area (Å²) in [5, 5.41) is 0.450. The minimum Gasteiger partial charge on any atom is -0.464 e. The van der Waals surface area contributed by atoms with Crippen LogP contribution in [-0.4, -0.2) is 47.4 Å². The molecule has 1 unspecified atom stereocenters. The van der Waals surface area contributed by atoms with Gasteiger partial charge in [0.15, 0.2) is 5.43 Å². The second kappa shape index (κ2) is 11.5. The predicted molar refractivity (Wildman–Crippen MR) is 159 cm³/mol. The fraction of sp³-hybridized carbons (Fsp3) is 0.514. The molecular formula is C35H39FN2O5. The molecule has 43 heavy (non-hydrogen) atoms. The van der Waals surface area contributed by atoms with Gasteiger partial charge in [-0.3, -0.25) is 14.4 Å². The average molecular weight is 587 g/mol. The van der Waals surface area contributed by atoms with Crippen molar-refractivity contribution < 1.29 is 23.1 Å². The third-order valence-electron chi connectivity index (χ3n) is 10.3. The molecule has 7 nitrogen and oxygen atoms in total. The summed E-state index contributed by atoms with van der Waals surface area (Å²) in [5.74, 6) is 1.31. The molecule has 8 rings (SSSR count). The van der Waals surface area contributed by atoms with Gasteiger partial charge in [-0.05, 0) is 98.9 Å². The summed E-state index contributed by atoms with van der Waals surface area (Å²) >= 11 is 0. The number of hydrogen-bond donors (Lipinski definition) is 0. The van der Waals surface area contributed by atoms with Gasteiger partial charge in [-0.2, -0.15) is 0 Å². The summed E-state index contributed by atoms with van der Waals surface area (Å²) < 4.78 is 25.4. The van der Waals surface area contributed by atoms with Gasteiger partial charge < -0.3 is 19.0 Å². The van der Waals surface area contributed by atoms with E-state index >= 15 is 0 Å². The van der Waals surface area contributed by atoms with Gasteiger partial charge in [-0.1, -0.05) is 24.3 Å². The van der Waals surface area contributed by atoms with Crippen molar-refractivity contribution in [1.29, 1.82) is 0 Å². The lowest BCUT2D eigenvalue weighted by Crippen LogP contribution is -2.57. The zero-order valence-electron chi connectivity index (χ0n) is 24.5. The van der Waals surface area contributed by atoms with Crippen LogP contribution in [0.1, 0.15) is 62.5 Å². The highest BCUT2D eigenvalue weighted by molar-refractivity contribution is 5.88. The number of halogens is 1. The Balaban J connectivity index is 1.17. The minimum atomic E-state index is -0.380. The molecule has 0 N–H and O–H groups in total. The van der Waals surface area contributed by atoms with E-state index in [4.69, 9.17) is 9.15 Å². The fourth-order valence-corrected chi connectivity index (χ4v) is 8.70. The Kier molecular flexibility index (Phi) is 7.58. The van der Waals surface area contributed by atoms with Crippen LogP contribution in [0, 0.1) is 29.0 Å². The smallest absolute Gasteiger partial charge is 0.242 e. The number of ether oxygens (including phenoxy) is 1. The minimum absolute atomic E-state index is 0.0166. The number of rotatable bonds is 9. The number of para-hydroxylation sites is 1. The van der Waals surface area contributed by atoms with Crippen molar-refractivity contribution in [1.82, 2.24) is 9.80 Å². The van der Waals surface area contributed by atoms with Crippen LogP contribution in [0.25, 0.3) is 11.0 Å². The van der Waals surface area contributed by atoms with Crippen LogP contribution >= 0.6 is 0 Å². The van der Waals surface area contributed by atoms with Gasteiger partial charge >= 0.3 is 0 Å². The molecule has 3 aromatic rings. The third kappa shape index (κ3) is 5.74. The van der Waals surface area contributed by atoms with Gasteiger partial charge in [0.25, 0.3) is 0 Å². The molecule has 4 aliphatic carbocycles. The first-order valence-electron chi connectivity index (χ1n) is 15.8. The van der Waals surface area contributed by atoms with Crippen LogP contribution in [0.4, 0.5) is 4.39 Å². The Bertz CT molecular complexity index is 1530. The molecule has 2 heterocycles. The predicted octanol–water partition coefficient (Wildman–Crippen LogP) is 5.68. The molecule has 5 fully saturated rings. The van der Waals surface area contributed by atoms with Gasteiger partial charge in [0.05, 0.1) is 41.8 Å². The third-order valence-corrected chi connectivity index (χ3v) is 10.3. The lowest BCUT2D eigenvalue weighted by molar-refractivity contribution is -0.162. The largest absolute Gasteiger partial charge is 0.464 e. The van der Waals surface area contributed by atoms with Crippen molar-refractivity contribution in [2.75, 3.05) is 19.7 Å². The van der Waals surface area contributed by atoms with Gasteiger partial charge in [-0.15, -0.1) is 0 Å². The highest BCUT2D eigenvalue weighted by Crippen LogP contribution is 2.60. The SMILES string of the molecule is O=C(CN(CC1CCCO1)C(=O)C12CC3CC(CC(C3)C1)C2)N(Cc1ccc(F)cc1)Cc1coc2ccccc2c1=O. The Morgan fingerprint density at radius 3 is 2.28 bits per heavy atom. The Morgan fingerprint density at radius 2 is 1.60 bits per heavy atom. The van der Waals surface area contributed by atoms with E-state index in [9.17, 15) is 18.8 Å². The number of hydrogen-bond acceptors (Lipinski definition) is 5. The summed E-state index contributed by atoms with van der Waals surface area (Å²) in [4.78, 5) is 45.4. The van der Waals surface area contributed by atoms with Crippen molar-refractivity contribution in [3.63, 3.8) is 0 Å². The second-order valence-electron chi connectivity index (χ2n) is 13.5. The molecule has 8 heteroatoms. The maximum absolute atomic E-state index is 14.5. The van der Waals surface area contributed by atoms with Crippen LogP contribution < -0.4 is 5.43 Å². The summed E-state index contributed by atoms with van der Waals surface area (Å²) in [7, 11) is 0. The van der Waals surface area contributed by atoms with E-state index in [-0.39, 0.29) is 54.2 Å². The lowest BCUT2D eigenvalue weighted by atomic mass is 9.49. The number of fused-ring (bicyclic) bond motifs is 1. The molecule has 4 saturated carbocycles. The highest BCUT2D eigenvalue weighted by Gasteiger charge is 2.56. The standard InChI is InChI=1S/C35H39FN2O5/c36-28-9-7-23(8-10-28)18-37(19-27-22-43-31-6-2-1-5-30(31)33(27)40)32(39)21-38(20-29-4-3-11-42-29)34(41)35-15-24-12-25(16-35)14-26(13-24)17-35/h1-2,5-10,22,24-26,29H,3-4,11-21H2. The first-order chi connectivity index (χ1) is 20.8. The van der Waals surface area contributed by atoms with Crippen molar-refractivity contribution in [2.45, 2.75) is 70.6 Å². The van der Waals surface area contributed by atoms with Crippen LogP contribution in [0.5, 0.6) is 0 Å². The summed E-state index contributed by atoms with van der Waals surface area (Å²) in [6, 6.07) is 13.0. The molecule has 5 aliphatic rings. The first kappa shape index (κ1) is 28.3. The molecule has 1 atom stereocenters. The average Bonchev–Trinajstić information content (AvgIpc) is 3.51. The molecule has 1 saturated heterocycles. The molecule has 0 spiro atoms. The Labute approximate surface area is 251 Å². The number of amides is 2. The van der Waals surface area contributed by atoms with Crippen LogP contribution in [-0.2, 0) is 27.4 Å². The summed E-state index contributed by atoms with van der Waals surface area (Å²) in [6.45, 7) is 1.18. The van der Waals surface area contributed by atoms with E-state index < -0.39 is 0 Å². The first-order valence-corrected chi connectivity index (χ1v) is 15.8. The molecule has 1 aliphatic heterocycles. The van der Waals surface area contributed by atoms with E-state index in [1.165, 1.54) is 37.7 Å². The number of carbonyl (C=O) groups is 2. The zero-order chi connectivity index (χ0) is 29.6. The molecule has 2 amide bonds. The normalized spacial score (nSPS) is 27.5. The van der Waals surface area contributed by atoms with Crippen molar-refractivity contribution in [3.8, 4) is 0 Å². The van der Waals surface area contributed by atoms with Crippen molar-refractivity contribution in [3.05, 3.63) is 82.0 Å².